The summed E-state index contributed by atoms with van der Waals surface area (Å²) in [5, 5.41) is 22.3. The van der Waals surface area contributed by atoms with Gasteiger partial charge in [-0.25, -0.2) is 0 Å². The number of benzene rings is 2. The van der Waals surface area contributed by atoms with Crippen LogP contribution in [0, 0.1) is 0 Å². The van der Waals surface area contributed by atoms with Gasteiger partial charge in [-0.15, -0.1) is 5.10 Å². The highest BCUT2D eigenvalue weighted by molar-refractivity contribution is 7.99. The number of nitrogens with zero attached hydrogens (tertiary/aromatic N) is 4. The summed E-state index contributed by atoms with van der Waals surface area (Å²) >= 11 is 7.39. The summed E-state index contributed by atoms with van der Waals surface area (Å²) in [4.78, 5) is 0. The fraction of sp³-hybridized carbons (Fsp3) is 0.133. The standard InChI is InChI=1S/C15H13ClN4O2S/c16-11-2-1-3-14(10-11)22-8-9-23-15-17-18-19-20(15)12-4-6-13(21)7-5-12/h1-7,10,21H,8-9H2. The Morgan fingerprint density at radius 3 is 2.78 bits per heavy atom. The lowest BCUT2D eigenvalue weighted by Gasteiger charge is -2.06. The van der Waals surface area contributed by atoms with Crippen LogP contribution in [0.1, 0.15) is 0 Å². The molecule has 1 N–H and O–H groups in total. The van der Waals surface area contributed by atoms with Crippen LogP contribution in [-0.4, -0.2) is 37.7 Å². The Kier molecular flexibility index (Phi) is 4.99. The highest BCUT2D eigenvalue weighted by Gasteiger charge is 2.09. The highest BCUT2D eigenvalue weighted by Crippen LogP contribution is 2.21. The van der Waals surface area contributed by atoms with Crippen LogP contribution >= 0.6 is 23.4 Å². The van der Waals surface area contributed by atoms with E-state index >= 15 is 0 Å². The third kappa shape index (κ3) is 4.14. The van der Waals surface area contributed by atoms with Gasteiger partial charge in [0.25, 0.3) is 0 Å². The Hall–Kier alpha value is -2.25. The van der Waals surface area contributed by atoms with Crippen molar-refractivity contribution >= 4 is 23.4 Å². The fourth-order valence-electron chi connectivity index (χ4n) is 1.87. The molecule has 3 aromatic rings. The average molecular weight is 349 g/mol. The molecule has 0 amide bonds. The minimum absolute atomic E-state index is 0.200. The van der Waals surface area contributed by atoms with Gasteiger partial charge in [0, 0.05) is 10.8 Å². The van der Waals surface area contributed by atoms with Crippen molar-refractivity contribution < 1.29 is 9.84 Å². The van der Waals surface area contributed by atoms with Gasteiger partial charge in [0.2, 0.25) is 5.16 Å². The minimum atomic E-state index is 0.200. The molecule has 0 bridgehead atoms. The number of aromatic hydroxyl groups is 1. The zero-order valence-corrected chi connectivity index (χ0v) is 13.5. The van der Waals surface area contributed by atoms with Crippen LogP contribution in [0.25, 0.3) is 5.69 Å². The number of hydrogen-bond donors (Lipinski definition) is 1. The lowest BCUT2D eigenvalue weighted by molar-refractivity contribution is 0.344. The summed E-state index contributed by atoms with van der Waals surface area (Å²) in [5.41, 5.74) is 0.783. The van der Waals surface area contributed by atoms with Crippen LogP contribution in [0.15, 0.2) is 53.7 Å². The second kappa shape index (κ2) is 7.34. The molecule has 0 aliphatic heterocycles. The quantitative estimate of drug-likeness (QED) is 0.544. The number of tetrazole rings is 1. The predicted molar refractivity (Wildman–Crippen MR) is 88.5 cm³/mol. The number of rotatable bonds is 6. The molecule has 0 aliphatic rings. The summed E-state index contributed by atoms with van der Waals surface area (Å²) in [5.74, 6) is 1.62. The van der Waals surface area contributed by atoms with E-state index in [1.807, 2.05) is 12.1 Å². The molecular weight excluding hydrogens is 336 g/mol. The van der Waals surface area contributed by atoms with Crippen LogP contribution in [0.4, 0.5) is 0 Å². The van der Waals surface area contributed by atoms with Crippen LogP contribution in [0.3, 0.4) is 0 Å². The second-order valence-electron chi connectivity index (χ2n) is 4.54. The van der Waals surface area contributed by atoms with Gasteiger partial charge in [0.05, 0.1) is 12.3 Å². The Morgan fingerprint density at radius 2 is 2.00 bits per heavy atom. The first-order chi connectivity index (χ1) is 11.2. The number of ether oxygens (including phenoxy) is 1. The van der Waals surface area contributed by atoms with E-state index in [0.29, 0.717) is 22.5 Å². The van der Waals surface area contributed by atoms with Crippen molar-refractivity contribution in [2.45, 2.75) is 5.16 Å². The number of hydrogen-bond acceptors (Lipinski definition) is 6. The smallest absolute Gasteiger partial charge is 0.214 e. The molecular formula is C15H13ClN4O2S. The molecule has 23 heavy (non-hydrogen) atoms. The third-order valence-electron chi connectivity index (χ3n) is 2.91. The summed E-state index contributed by atoms with van der Waals surface area (Å²) in [7, 11) is 0. The number of aromatic nitrogens is 4. The molecule has 0 fully saturated rings. The molecule has 0 radical (unpaired) electrons. The molecule has 6 nitrogen and oxygen atoms in total. The van der Waals surface area contributed by atoms with E-state index in [-0.39, 0.29) is 5.75 Å². The minimum Gasteiger partial charge on any atom is -0.508 e. The second-order valence-corrected chi connectivity index (χ2v) is 6.04. The van der Waals surface area contributed by atoms with Gasteiger partial charge in [-0.1, -0.05) is 29.4 Å². The lowest BCUT2D eigenvalue weighted by atomic mass is 10.3. The summed E-state index contributed by atoms with van der Waals surface area (Å²) in [6.45, 7) is 0.507. The summed E-state index contributed by atoms with van der Waals surface area (Å²) < 4.78 is 7.24. The van der Waals surface area contributed by atoms with Gasteiger partial charge < -0.3 is 9.84 Å². The van der Waals surface area contributed by atoms with Crippen LogP contribution in [0.2, 0.25) is 5.02 Å². The normalized spacial score (nSPS) is 10.7. The van der Waals surface area contributed by atoms with E-state index in [1.165, 1.54) is 11.8 Å². The fourth-order valence-corrected chi connectivity index (χ4v) is 2.76. The molecule has 0 saturated heterocycles. The van der Waals surface area contributed by atoms with E-state index in [0.717, 1.165) is 11.4 Å². The molecule has 2 aromatic carbocycles. The highest BCUT2D eigenvalue weighted by atomic mass is 35.5. The van der Waals surface area contributed by atoms with E-state index in [2.05, 4.69) is 15.5 Å². The monoisotopic (exact) mass is 348 g/mol. The van der Waals surface area contributed by atoms with Crippen molar-refractivity contribution in [1.29, 1.82) is 0 Å². The summed E-state index contributed by atoms with van der Waals surface area (Å²) in [6.07, 6.45) is 0. The Morgan fingerprint density at radius 1 is 1.17 bits per heavy atom. The largest absolute Gasteiger partial charge is 0.508 e. The maximum atomic E-state index is 9.33. The Balaban J connectivity index is 1.57. The molecule has 0 saturated carbocycles. The predicted octanol–water partition coefficient (Wildman–Crippen LogP) is 3.19. The number of phenols is 1. The van der Waals surface area contributed by atoms with Crippen molar-refractivity contribution in [2.24, 2.45) is 0 Å². The van der Waals surface area contributed by atoms with Crippen molar-refractivity contribution in [3.8, 4) is 17.2 Å². The van der Waals surface area contributed by atoms with Gasteiger partial charge in [-0.3, -0.25) is 0 Å². The van der Waals surface area contributed by atoms with Gasteiger partial charge >= 0.3 is 0 Å². The lowest BCUT2D eigenvalue weighted by Crippen LogP contribution is -2.03. The molecule has 0 unspecified atom stereocenters. The maximum Gasteiger partial charge on any atom is 0.214 e. The molecule has 8 heteroatoms. The van der Waals surface area contributed by atoms with E-state index < -0.39 is 0 Å². The average Bonchev–Trinajstić information content (AvgIpc) is 3.01. The van der Waals surface area contributed by atoms with Crippen LogP contribution in [0.5, 0.6) is 11.5 Å². The molecule has 0 atom stereocenters. The SMILES string of the molecule is Oc1ccc(-n2nnnc2SCCOc2cccc(Cl)c2)cc1. The zero-order chi connectivity index (χ0) is 16.1. The molecule has 1 heterocycles. The Bertz CT molecular complexity index is 779. The number of halogens is 1. The number of thioether (sulfide) groups is 1. The Labute approximate surface area is 142 Å². The van der Waals surface area contributed by atoms with E-state index in [9.17, 15) is 5.11 Å². The third-order valence-corrected chi connectivity index (χ3v) is 4.03. The molecule has 0 spiro atoms. The molecule has 3 rings (SSSR count). The first kappa shape index (κ1) is 15.6. The first-order valence-electron chi connectivity index (χ1n) is 6.81. The first-order valence-corrected chi connectivity index (χ1v) is 8.18. The topological polar surface area (TPSA) is 73.1 Å². The molecule has 1 aromatic heterocycles. The molecule has 118 valence electrons. The van der Waals surface area contributed by atoms with Crippen LogP contribution < -0.4 is 4.74 Å². The van der Waals surface area contributed by atoms with E-state index in [4.69, 9.17) is 16.3 Å². The summed E-state index contributed by atoms with van der Waals surface area (Å²) in [6, 6.07) is 14.0. The van der Waals surface area contributed by atoms with Crippen molar-refractivity contribution in [3.63, 3.8) is 0 Å². The van der Waals surface area contributed by atoms with Crippen molar-refractivity contribution in [1.82, 2.24) is 20.2 Å². The van der Waals surface area contributed by atoms with Crippen LogP contribution in [-0.2, 0) is 0 Å². The van der Waals surface area contributed by atoms with Gasteiger partial charge in [-0.05, 0) is 52.9 Å². The van der Waals surface area contributed by atoms with Crippen molar-refractivity contribution in [3.05, 3.63) is 53.6 Å². The molecule has 0 aliphatic carbocycles. The van der Waals surface area contributed by atoms with Gasteiger partial charge in [0.1, 0.15) is 11.5 Å². The maximum absolute atomic E-state index is 9.33. The zero-order valence-electron chi connectivity index (χ0n) is 12.0. The number of phenolic OH excluding ortho intramolecular Hbond substituents is 1. The van der Waals surface area contributed by atoms with Gasteiger partial charge in [-0.2, -0.15) is 4.68 Å². The van der Waals surface area contributed by atoms with Gasteiger partial charge in [0.15, 0.2) is 0 Å². The van der Waals surface area contributed by atoms with E-state index in [1.54, 1.807) is 41.1 Å². The van der Waals surface area contributed by atoms with Crippen molar-refractivity contribution in [2.75, 3.05) is 12.4 Å².